The second-order valence-electron chi connectivity index (χ2n) is 7.61. The molecule has 0 aliphatic heterocycles. The second kappa shape index (κ2) is 4.85. The predicted octanol–water partition coefficient (Wildman–Crippen LogP) is 2.50. The summed E-state index contributed by atoms with van der Waals surface area (Å²) in [5, 5.41) is 12.7. The van der Waals surface area contributed by atoms with E-state index in [1.807, 2.05) is 30.3 Å². The smallest absolute Gasteiger partial charge is 0.128 e. The van der Waals surface area contributed by atoms with Gasteiger partial charge in [0.05, 0.1) is 6.04 Å². The number of hydrogen-bond donors (Lipinski definition) is 2. The van der Waals surface area contributed by atoms with Gasteiger partial charge in [-0.3, -0.25) is 0 Å². The summed E-state index contributed by atoms with van der Waals surface area (Å²) >= 11 is 0. The minimum absolute atomic E-state index is 0.345. The van der Waals surface area contributed by atoms with E-state index >= 15 is 0 Å². The van der Waals surface area contributed by atoms with Crippen LogP contribution in [0.1, 0.15) is 51.7 Å². The molecule has 1 aromatic rings. The minimum Gasteiger partial charge on any atom is -0.382 e. The van der Waals surface area contributed by atoms with Crippen LogP contribution in [0, 0.1) is 16.7 Å². The summed E-state index contributed by atoms with van der Waals surface area (Å²) in [6, 6.07) is 10.7. The topological polar surface area (TPSA) is 36.8 Å². The maximum absolute atomic E-state index is 10.3. The Morgan fingerprint density at radius 2 is 1.95 bits per heavy atom. The lowest BCUT2D eigenvalue weighted by atomic mass is 9.69. The van der Waals surface area contributed by atoms with E-state index < -0.39 is 0 Å². The molecule has 20 heavy (non-hydrogen) atoms. The molecule has 2 aliphatic carbocycles. The van der Waals surface area contributed by atoms with Gasteiger partial charge in [0.15, 0.2) is 0 Å². The largest absolute Gasteiger partial charge is 0.382 e. The quantitative estimate of drug-likeness (QED) is 0.869. The lowest BCUT2D eigenvalue weighted by Crippen LogP contribution is -2.93. The first kappa shape index (κ1) is 14.1. The first-order chi connectivity index (χ1) is 9.45. The molecule has 0 heterocycles. The molecule has 2 fully saturated rings. The fraction of sp³-hybridized carbons (Fsp3) is 0.667. The average Bonchev–Trinajstić information content (AvgIpc) is 2.78. The van der Waals surface area contributed by atoms with Crippen molar-refractivity contribution in [3.63, 3.8) is 0 Å². The lowest BCUT2D eigenvalue weighted by molar-refractivity contribution is -0.708. The van der Waals surface area contributed by atoms with Gasteiger partial charge in [-0.1, -0.05) is 51.1 Å². The van der Waals surface area contributed by atoms with E-state index in [0.29, 0.717) is 16.9 Å². The lowest BCUT2D eigenvalue weighted by Gasteiger charge is -2.37. The van der Waals surface area contributed by atoms with Crippen LogP contribution in [0.25, 0.3) is 0 Å². The SMILES string of the molecule is CC1(C)[C@H]2CC[C@@]1(C)[C@H]([NH2+]C[C@H](O)c1ccccc1)C2. The molecule has 2 nitrogen and oxygen atoms in total. The summed E-state index contributed by atoms with van der Waals surface area (Å²) < 4.78 is 0. The van der Waals surface area contributed by atoms with Gasteiger partial charge in [-0.05, 0) is 29.7 Å². The van der Waals surface area contributed by atoms with E-state index in [1.165, 1.54) is 19.3 Å². The normalized spacial score (nSPS) is 36.2. The molecule has 4 atom stereocenters. The zero-order chi connectivity index (χ0) is 14.4. The maximum Gasteiger partial charge on any atom is 0.128 e. The van der Waals surface area contributed by atoms with Crippen LogP contribution in [0.2, 0.25) is 0 Å². The van der Waals surface area contributed by atoms with Gasteiger partial charge in [0.2, 0.25) is 0 Å². The summed E-state index contributed by atoms with van der Waals surface area (Å²) in [6.45, 7) is 8.15. The van der Waals surface area contributed by atoms with Crippen LogP contribution >= 0.6 is 0 Å². The zero-order valence-corrected chi connectivity index (χ0v) is 13.0. The fourth-order valence-corrected chi connectivity index (χ4v) is 4.73. The van der Waals surface area contributed by atoms with Crippen molar-refractivity contribution in [1.82, 2.24) is 0 Å². The number of aliphatic hydroxyl groups excluding tert-OH is 1. The number of aliphatic hydroxyl groups is 1. The Morgan fingerprint density at radius 1 is 1.25 bits per heavy atom. The van der Waals surface area contributed by atoms with Gasteiger partial charge in [-0.2, -0.15) is 0 Å². The highest BCUT2D eigenvalue weighted by Crippen LogP contribution is 2.64. The van der Waals surface area contributed by atoms with Crippen LogP contribution in [-0.4, -0.2) is 17.7 Å². The fourth-order valence-electron chi connectivity index (χ4n) is 4.73. The van der Waals surface area contributed by atoms with Crippen molar-refractivity contribution in [3.8, 4) is 0 Å². The Balaban J connectivity index is 1.63. The monoisotopic (exact) mass is 274 g/mol. The molecule has 2 saturated carbocycles. The van der Waals surface area contributed by atoms with E-state index in [4.69, 9.17) is 0 Å². The summed E-state index contributed by atoms with van der Waals surface area (Å²) in [4.78, 5) is 0. The second-order valence-corrected chi connectivity index (χ2v) is 7.61. The molecule has 0 radical (unpaired) electrons. The van der Waals surface area contributed by atoms with Gasteiger partial charge in [-0.15, -0.1) is 0 Å². The van der Waals surface area contributed by atoms with Crippen LogP contribution in [0.4, 0.5) is 0 Å². The maximum atomic E-state index is 10.3. The van der Waals surface area contributed by atoms with Crippen molar-refractivity contribution in [1.29, 1.82) is 0 Å². The van der Waals surface area contributed by atoms with E-state index in [2.05, 4.69) is 26.1 Å². The standard InChI is InChI=1S/C18H27NO/c1-17(2)14-9-10-18(17,3)16(11-14)19-12-15(20)13-7-5-4-6-8-13/h4-8,14-16,19-20H,9-12H2,1-3H3/p+1/t14-,15-,16+,18-/m0/s1. The molecule has 1 aromatic carbocycles. The molecule has 3 N–H and O–H groups in total. The molecule has 2 aliphatic rings. The highest BCUT2D eigenvalue weighted by atomic mass is 16.3. The number of benzene rings is 1. The molecule has 0 unspecified atom stereocenters. The first-order valence-electron chi connectivity index (χ1n) is 8.01. The summed E-state index contributed by atoms with van der Waals surface area (Å²) in [7, 11) is 0. The first-order valence-corrected chi connectivity index (χ1v) is 8.01. The Kier molecular flexibility index (Phi) is 3.42. The van der Waals surface area contributed by atoms with Crippen molar-refractivity contribution in [2.45, 2.75) is 52.2 Å². The molecule has 0 saturated heterocycles. The van der Waals surface area contributed by atoms with Crippen molar-refractivity contribution < 1.29 is 10.4 Å². The predicted molar refractivity (Wildman–Crippen MR) is 81.2 cm³/mol. The van der Waals surface area contributed by atoms with Crippen molar-refractivity contribution in [3.05, 3.63) is 35.9 Å². The molecular formula is C18H28NO+. The number of quaternary nitrogens is 1. The molecule has 2 bridgehead atoms. The molecule has 3 rings (SSSR count). The van der Waals surface area contributed by atoms with Crippen LogP contribution < -0.4 is 5.32 Å². The highest BCUT2D eigenvalue weighted by Gasteiger charge is 2.63. The third kappa shape index (κ3) is 2.01. The highest BCUT2D eigenvalue weighted by molar-refractivity contribution is 5.17. The third-order valence-corrected chi connectivity index (χ3v) is 6.69. The van der Waals surface area contributed by atoms with Crippen LogP contribution in [0.5, 0.6) is 0 Å². The Bertz CT molecular complexity index is 470. The van der Waals surface area contributed by atoms with E-state index in [9.17, 15) is 5.11 Å². The van der Waals surface area contributed by atoms with Gasteiger partial charge < -0.3 is 10.4 Å². The Morgan fingerprint density at radius 3 is 2.50 bits per heavy atom. The van der Waals surface area contributed by atoms with Gasteiger partial charge in [0.25, 0.3) is 0 Å². The van der Waals surface area contributed by atoms with Crippen LogP contribution in [0.15, 0.2) is 30.3 Å². The summed E-state index contributed by atoms with van der Waals surface area (Å²) in [5.74, 6) is 0.877. The summed E-state index contributed by atoms with van der Waals surface area (Å²) in [5.41, 5.74) is 1.94. The minimum atomic E-state index is -0.345. The van der Waals surface area contributed by atoms with Crippen molar-refractivity contribution in [2.75, 3.05) is 6.54 Å². The number of hydrogen-bond acceptors (Lipinski definition) is 1. The number of rotatable bonds is 4. The van der Waals surface area contributed by atoms with E-state index in [-0.39, 0.29) is 6.10 Å². The molecule has 110 valence electrons. The van der Waals surface area contributed by atoms with E-state index in [0.717, 1.165) is 18.0 Å². The molecule has 0 aromatic heterocycles. The van der Waals surface area contributed by atoms with E-state index in [1.54, 1.807) is 0 Å². The third-order valence-electron chi connectivity index (χ3n) is 6.69. The number of nitrogens with two attached hydrogens (primary N) is 1. The zero-order valence-electron chi connectivity index (χ0n) is 13.0. The number of fused-ring (bicyclic) bond motifs is 2. The van der Waals surface area contributed by atoms with Crippen molar-refractivity contribution in [2.24, 2.45) is 16.7 Å². The average molecular weight is 274 g/mol. The molecule has 0 amide bonds. The molecular weight excluding hydrogens is 246 g/mol. The molecule has 0 spiro atoms. The van der Waals surface area contributed by atoms with Gasteiger partial charge in [0.1, 0.15) is 12.6 Å². The Hall–Kier alpha value is -0.860. The Labute approximate surface area is 122 Å². The summed E-state index contributed by atoms with van der Waals surface area (Å²) in [6.07, 6.45) is 3.73. The van der Waals surface area contributed by atoms with Gasteiger partial charge >= 0.3 is 0 Å². The molecule has 2 heteroatoms. The van der Waals surface area contributed by atoms with Crippen molar-refractivity contribution >= 4 is 0 Å². The van der Waals surface area contributed by atoms with Crippen LogP contribution in [-0.2, 0) is 0 Å². The van der Waals surface area contributed by atoms with Gasteiger partial charge in [-0.25, -0.2) is 0 Å². The van der Waals surface area contributed by atoms with Crippen LogP contribution in [0.3, 0.4) is 0 Å². The van der Waals surface area contributed by atoms with Gasteiger partial charge in [0, 0.05) is 11.8 Å².